The molecule has 0 bridgehead atoms. The van der Waals surface area contributed by atoms with Crippen LogP contribution < -0.4 is 0 Å². The molecule has 0 fully saturated rings. The SMILES string of the molecule is CC.CCCCN(C)[C-]=O.[Y]. The zero-order chi connectivity index (χ0) is 8.41. The van der Waals surface area contributed by atoms with Crippen LogP contribution in [-0.2, 0) is 37.5 Å². The quantitative estimate of drug-likeness (QED) is 0.535. The Bertz CT molecular complexity index is 69.1. The van der Waals surface area contributed by atoms with E-state index in [0.717, 1.165) is 19.4 Å². The summed E-state index contributed by atoms with van der Waals surface area (Å²) >= 11 is 0. The second-order valence-electron chi connectivity index (χ2n) is 1.87. The van der Waals surface area contributed by atoms with Crippen LogP contribution in [0.25, 0.3) is 0 Å². The van der Waals surface area contributed by atoms with Crippen LogP contribution in [0, 0.1) is 0 Å². The first-order valence-electron chi connectivity index (χ1n) is 3.90. The third-order valence-corrected chi connectivity index (χ3v) is 1.00. The van der Waals surface area contributed by atoms with Crippen LogP contribution in [0.3, 0.4) is 0 Å². The smallest absolute Gasteiger partial charge is 0 e. The molecule has 0 unspecified atom stereocenters. The van der Waals surface area contributed by atoms with Crippen molar-refractivity contribution < 1.29 is 37.5 Å². The molecular weight excluding hydrogens is 215 g/mol. The Labute approximate surface area is 95.6 Å². The van der Waals surface area contributed by atoms with E-state index >= 15 is 0 Å². The summed E-state index contributed by atoms with van der Waals surface area (Å²) in [5.74, 6) is 0. The molecule has 0 aliphatic heterocycles. The third-order valence-electron chi connectivity index (χ3n) is 1.00. The van der Waals surface area contributed by atoms with E-state index in [-0.39, 0.29) is 32.7 Å². The number of unbranched alkanes of at least 4 members (excludes halogenated alkanes) is 1. The van der Waals surface area contributed by atoms with Gasteiger partial charge in [-0.3, -0.25) is 0 Å². The van der Waals surface area contributed by atoms with Gasteiger partial charge in [-0.25, -0.2) is 0 Å². The molecule has 0 saturated heterocycles. The van der Waals surface area contributed by atoms with Gasteiger partial charge in [0.15, 0.2) is 0 Å². The van der Waals surface area contributed by atoms with E-state index in [4.69, 9.17) is 0 Å². The fourth-order valence-electron chi connectivity index (χ4n) is 0.441. The van der Waals surface area contributed by atoms with Crippen molar-refractivity contribution in [2.45, 2.75) is 33.6 Å². The summed E-state index contributed by atoms with van der Waals surface area (Å²) in [4.78, 5) is 11.3. The molecule has 2 nitrogen and oxygen atoms in total. The Hall–Kier alpha value is 0.574. The Balaban J connectivity index is -0.000000196. The summed E-state index contributed by atoms with van der Waals surface area (Å²) in [7, 11) is 1.74. The summed E-state index contributed by atoms with van der Waals surface area (Å²) < 4.78 is 0. The molecular formula is C8H18NOY-. The number of hydrogen-bond acceptors (Lipinski definition) is 1. The molecule has 0 aromatic rings. The maximum Gasteiger partial charge on any atom is 0 e. The summed E-state index contributed by atoms with van der Waals surface area (Å²) in [6, 6.07) is 0. The van der Waals surface area contributed by atoms with Gasteiger partial charge < -0.3 is 9.69 Å². The number of carbonyl (C=O) groups excluding carboxylic acids is 1. The van der Waals surface area contributed by atoms with Crippen molar-refractivity contribution in [3.8, 4) is 0 Å². The molecule has 0 aliphatic carbocycles. The molecule has 0 heterocycles. The van der Waals surface area contributed by atoms with Gasteiger partial charge >= 0.3 is 0 Å². The van der Waals surface area contributed by atoms with E-state index in [1.54, 1.807) is 13.5 Å². The summed E-state index contributed by atoms with van der Waals surface area (Å²) in [5, 5.41) is 0. The molecule has 11 heavy (non-hydrogen) atoms. The van der Waals surface area contributed by atoms with Crippen molar-refractivity contribution >= 4 is 6.41 Å². The van der Waals surface area contributed by atoms with Gasteiger partial charge in [0.25, 0.3) is 0 Å². The first kappa shape index (κ1) is 17.6. The standard InChI is InChI=1S/C6H12NO.C2H6.Y/c1-3-4-5-7(2)6-8;1-2;/h3-5H2,1-2H3;1-2H3;/q-1;;. The van der Waals surface area contributed by atoms with E-state index in [1.165, 1.54) is 4.90 Å². The van der Waals surface area contributed by atoms with Crippen molar-refractivity contribution in [3.63, 3.8) is 0 Å². The van der Waals surface area contributed by atoms with Crippen LogP contribution in [0.4, 0.5) is 0 Å². The summed E-state index contributed by atoms with van der Waals surface area (Å²) in [6.07, 6.45) is 3.99. The van der Waals surface area contributed by atoms with Crippen LogP contribution in [0.2, 0.25) is 0 Å². The molecule has 0 aromatic carbocycles. The van der Waals surface area contributed by atoms with Gasteiger partial charge in [-0.1, -0.05) is 27.2 Å². The van der Waals surface area contributed by atoms with E-state index in [0.29, 0.717) is 0 Å². The minimum Gasteiger partial charge on any atom is -0.520 e. The molecule has 0 aliphatic rings. The van der Waals surface area contributed by atoms with Crippen molar-refractivity contribution in [1.29, 1.82) is 0 Å². The van der Waals surface area contributed by atoms with Crippen molar-refractivity contribution in [3.05, 3.63) is 0 Å². The second-order valence-corrected chi connectivity index (χ2v) is 1.87. The van der Waals surface area contributed by atoms with Gasteiger partial charge in [0.2, 0.25) is 0 Å². The predicted molar refractivity (Wildman–Crippen MR) is 44.6 cm³/mol. The Kier molecular flexibility index (Phi) is 27.0. The van der Waals surface area contributed by atoms with Gasteiger partial charge in [0.05, 0.1) is 0 Å². The average molecular weight is 233 g/mol. The van der Waals surface area contributed by atoms with Crippen LogP contribution in [-0.4, -0.2) is 24.9 Å². The first-order valence-corrected chi connectivity index (χ1v) is 3.90. The topological polar surface area (TPSA) is 20.3 Å². The third kappa shape index (κ3) is 18.0. The molecule has 1 radical (unpaired) electrons. The van der Waals surface area contributed by atoms with E-state index < -0.39 is 0 Å². The average Bonchev–Trinajstić information content (AvgIpc) is 2.04. The molecule has 0 aromatic heterocycles. The van der Waals surface area contributed by atoms with Crippen molar-refractivity contribution in [2.24, 2.45) is 0 Å². The maximum absolute atomic E-state index is 9.81. The zero-order valence-electron chi connectivity index (χ0n) is 8.05. The number of rotatable bonds is 4. The fourth-order valence-corrected chi connectivity index (χ4v) is 0.441. The number of hydrogen-bond donors (Lipinski definition) is 0. The first-order chi connectivity index (χ1) is 4.81. The van der Waals surface area contributed by atoms with Crippen LogP contribution in [0.5, 0.6) is 0 Å². The van der Waals surface area contributed by atoms with Gasteiger partial charge in [-0.05, 0) is 20.0 Å². The largest absolute Gasteiger partial charge is 0.520 e. The molecule has 0 atom stereocenters. The summed E-state index contributed by atoms with van der Waals surface area (Å²) in [6.45, 7) is 6.93. The Morgan fingerprint density at radius 2 is 1.82 bits per heavy atom. The van der Waals surface area contributed by atoms with Crippen molar-refractivity contribution in [1.82, 2.24) is 4.90 Å². The van der Waals surface area contributed by atoms with Crippen LogP contribution >= 0.6 is 0 Å². The second kappa shape index (κ2) is 16.9. The molecule has 0 saturated carbocycles. The molecule has 0 spiro atoms. The van der Waals surface area contributed by atoms with Crippen LogP contribution in [0.1, 0.15) is 33.6 Å². The van der Waals surface area contributed by atoms with E-state index in [9.17, 15) is 4.79 Å². The normalized spacial score (nSPS) is 6.91. The van der Waals surface area contributed by atoms with Gasteiger partial charge in [-0.15, -0.1) is 0 Å². The fraction of sp³-hybridized carbons (Fsp3) is 0.875. The zero-order valence-corrected chi connectivity index (χ0v) is 10.9. The number of amides is 1. The Morgan fingerprint density at radius 3 is 2.09 bits per heavy atom. The molecule has 0 N–H and O–H groups in total. The van der Waals surface area contributed by atoms with E-state index in [1.807, 2.05) is 13.8 Å². The minimum atomic E-state index is 0. The van der Waals surface area contributed by atoms with Crippen molar-refractivity contribution in [2.75, 3.05) is 13.6 Å². The van der Waals surface area contributed by atoms with Crippen LogP contribution in [0.15, 0.2) is 0 Å². The summed E-state index contributed by atoms with van der Waals surface area (Å²) in [5.41, 5.74) is 0. The number of nitrogens with zero attached hydrogens (tertiary/aromatic N) is 1. The minimum absolute atomic E-state index is 0. The molecule has 0 rings (SSSR count). The van der Waals surface area contributed by atoms with Gasteiger partial charge in [0, 0.05) is 32.7 Å². The molecule has 65 valence electrons. The maximum atomic E-state index is 9.81. The predicted octanol–water partition coefficient (Wildman–Crippen LogP) is 1.81. The molecule has 1 amide bonds. The van der Waals surface area contributed by atoms with Gasteiger partial charge in [-0.2, -0.15) is 6.41 Å². The Morgan fingerprint density at radius 1 is 1.36 bits per heavy atom. The molecule has 3 heteroatoms. The van der Waals surface area contributed by atoms with E-state index in [2.05, 4.69) is 6.92 Å². The van der Waals surface area contributed by atoms with Gasteiger partial charge in [0.1, 0.15) is 0 Å². The monoisotopic (exact) mass is 233 g/mol.